The van der Waals surface area contributed by atoms with Crippen LogP contribution in [0.5, 0.6) is 0 Å². The molecule has 0 aromatic heterocycles. The summed E-state index contributed by atoms with van der Waals surface area (Å²) >= 11 is 0. The van der Waals surface area contributed by atoms with Crippen LogP contribution in [0.1, 0.15) is 59.8 Å². The highest BCUT2D eigenvalue weighted by Gasteiger charge is 2.54. The third-order valence-electron chi connectivity index (χ3n) is 5.13. The summed E-state index contributed by atoms with van der Waals surface area (Å²) in [5.74, 6) is 0.736. The third kappa shape index (κ3) is 2.15. The highest BCUT2D eigenvalue weighted by atomic mass is 16.2. The first-order valence-corrected chi connectivity index (χ1v) is 7.58. The second kappa shape index (κ2) is 4.80. The molecule has 0 aromatic rings. The van der Waals surface area contributed by atoms with Crippen LogP contribution >= 0.6 is 0 Å². The second-order valence-corrected chi connectivity index (χ2v) is 6.23. The fourth-order valence-electron chi connectivity index (χ4n) is 2.93. The van der Waals surface area contributed by atoms with Gasteiger partial charge in [0.1, 0.15) is 11.1 Å². The Morgan fingerprint density at radius 1 is 1.16 bits per heavy atom. The van der Waals surface area contributed by atoms with Crippen LogP contribution in [0.3, 0.4) is 0 Å². The molecule has 2 rings (SSSR count). The number of hydrogen-bond acceptors (Lipinski definition) is 2. The van der Waals surface area contributed by atoms with Crippen LogP contribution in [0, 0.1) is 5.92 Å². The van der Waals surface area contributed by atoms with Crippen LogP contribution in [0.2, 0.25) is 0 Å². The molecule has 1 heterocycles. The minimum atomic E-state index is -0.680. The van der Waals surface area contributed by atoms with Crippen molar-refractivity contribution in [2.45, 2.75) is 70.9 Å². The smallest absolute Gasteiger partial charge is 0.249 e. The topological polar surface area (TPSA) is 49.4 Å². The van der Waals surface area contributed by atoms with E-state index in [0.29, 0.717) is 25.2 Å². The van der Waals surface area contributed by atoms with Crippen molar-refractivity contribution in [3.63, 3.8) is 0 Å². The molecule has 1 aliphatic carbocycles. The van der Waals surface area contributed by atoms with E-state index in [1.165, 1.54) is 12.8 Å². The van der Waals surface area contributed by atoms with Gasteiger partial charge in [0, 0.05) is 6.54 Å². The predicted octanol–water partition coefficient (Wildman–Crippen LogP) is 2.08. The van der Waals surface area contributed by atoms with Crippen LogP contribution < -0.4 is 5.32 Å². The lowest BCUT2D eigenvalue weighted by Gasteiger charge is -2.51. The summed E-state index contributed by atoms with van der Waals surface area (Å²) in [6.07, 6.45) is 4.37. The highest BCUT2D eigenvalue weighted by molar-refractivity contribution is 6.02. The molecule has 0 bridgehead atoms. The van der Waals surface area contributed by atoms with E-state index >= 15 is 0 Å². The Balaban J connectivity index is 2.35. The van der Waals surface area contributed by atoms with E-state index in [-0.39, 0.29) is 11.8 Å². The molecule has 1 aliphatic heterocycles. The van der Waals surface area contributed by atoms with E-state index in [1.54, 1.807) is 0 Å². The predicted molar refractivity (Wildman–Crippen MR) is 74.6 cm³/mol. The fraction of sp³-hybridized carbons (Fsp3) is 0.867. The van der Waals surface area contributed by atoms with Crippen molar-refractivity contribution in [3.8, 4) is 0 Å². The van der Waals surface area contributed by atoms with Crippen molar-refractivity contribution in [3.05, 3.63) is 0 Å². The van der Waals surface area contributed by atoms with Crippen molar-refractivity contribution in [2.24, 2.45) is 5.92 Å². The van der Waals surface area contributed by atoms with Crippen LogP contribution in [0.4, 0.5) is 0 Å². The number of amides is 2. The van der Waals surface area contributed by atoms with Gasteiger partial charge >= 0.3 is 0 Å². The van der Waals surface area contributed by atoms with Gasteiger partial charge in [-0.05, 0) is 44.9 Å². The Kier molecular flexibility index (Phi) is 3.63. The molecule has 4 nitrogen and oxygen atoms in total. The van der Waals surface area contributed by atoms with Crippen LogP contribution in [-0.2, 0) is 9.59 Å². The number of nitrogens with zero attached hydrogens (tertiary/aromatic N) is 1. The second-order valence-electron chi connectivity index (χ2n) is 6.23. The van der Waals surface area contributed by atoms with E-state index in [9.17, 15) is 9.59 Å². The van der Waals surface area contributed by atoms with E-state index in [4.69, 9.17) is 0 Å². The van der Waals surface area contributed by atoms with Gasteiger partial charge in [0.2, 0.25) is 11.8 Å². The van der Waals surface area contributed by atoms with Gasteiger partial charge in [0.25, 0.3) is 0 Å². The lowest BCUT2D eigenvalue weighted by molar-refractivity contribution is -0.163. The van der Waals surface area contributed by atoms with Gasteiger partial charge in [0.05, 0.1) is 0 Å². The monoisotopic (exact) mass is 266 g/mol. The van der Waals surface area contributed by atoms with E-state index in [2.05, 4.69) is 5.32 Å². The van der Waals surface area contributed by atoms with Crippen molar-refractivity contribution >= 4 is 11.8 Å². The Hall–Kier alpha value is -1.06. The molecule has 4 heteroatoms. The molecule has 2 amide bonds. The zero-order valence-corrected chi connectivity index (χ0v) is 12.6. The maximum absolute atomic E-state index is 12.9. The number of rotatable bonds is 5. The minimum absolute atomic E-state index is 0.0129. The molecule has 0 aromatic carbocycles. The van der Waals surface area contributed by atoms with Crippen molar-refractivity contribution in [2.75, 3.05) is 6.54 Å². The Morgan fingerprint density at radius 3 is 2.16 bits per heavy atom. The quantitative estimate of drug-likeness (QED) is 0.828. The summed E-state index contributed by atoms with van der Waals surface area (Å²) in [6, 6.07) is 0. The Bertz CT molecular complexity index is 386. The molecule has 108 valence electrons. The van der Waals surface area contributed by atoms with Gasteiger partial charge in [-0.1, -0.05) is 20.8 Å². The summed E-state index contributed by atoms with van der Waals surface area (Å²) in [5, 5.41) is 3.01. The van der Waals surface area contributed by atoms with E-state index in [1.807, 2.05) is 32.6 Å². The van der Waals surface area contributed by atoms with Gasteiger partial charge in [0.15, 0.2) is 0 Å². The summed E-state index contributed by atoms with van der Waals surface area (Å²) in [4.78, 5) is 27.3. The third-order valence-corrected chi connectivity index (χ3v) is 5.13. The number of hydrogen-bond donors (Lipinski definition) is 1. The van der Waals surface area contributed by atoms with Crippen LogP contribution in [0.15, 0.2) is 0 Å². The summed E-state index contributed by atoms with van der Waals surface area (Å²) in [7, 11) is 0. The van der Waals surface area contributed by atoms with Gasteiger partial charge < -0.3 is 10.2 Å². The zero-order chi connectivity index (χ0) is 14.3. The molecule has 1 atom stereocenters. The maximum Gasteiger partial charge on any atom is 0.249 e. The van der Waals surface area contributed by atoms with Crippen LogP contribution in [-0.4, -0.2) is 34.3 Å². The van der Waals surface area contributed by atoms with Gasteiger partial charge in [-0.3, -0.25) is 9.59 Å². The maximum atomic E-state index is 12.9. The summed E-state index contributed by atoms with van der Waals surface area (Å²) < 4.78 is 0. The molecule has 0 radical (unpaired) electrons. The molecule has 2 aliphatic rings. The number of carbonyl (C=O) groups is 2. The SMILES string of the molecule is CCC1(CC)NC(=O)C(C)(CC)N(CC2CC2)C1=O. The normalized spacial score (nSPS) is 30.4. The molecule has 1 unspecified atom stereocenters. The first-order valence-electron chi connectivity index (χ1n) is 7.58. The first-order chi connectivity index (χ1) is 8.93. The molecule has 1 N–H and O–H groups in total. The largest absolute Gasteiger partial charge is 0.340 e. The number of carbonyl (C=O) groups excluding carboxylic acids is 2. The highest BCUT2D eigenvalue weighted by Crippen LogP contribution is 2.37. The molecule has 19 heavy (non-hydrogen) atoms. The first kappa shape index (κ1) is 14.4. The molecule has 2 fully saturated rings. The lowest BCUT2D eigenvalue weighted by Crippen LogP contribution is -2.74. The van der Waals surface area contributed by atoms with Gasteiger partial charge in [-0.2, -0.15) is 0 Å². The minimum Gasteiger partial charge on any atom is -0.340 e. The standard InChI is InChI=1S/C15H26N2O2/c1-5-14(4)12(18)16-15(6-2,7-3)13(19)17(14)10-11-8-9-11/h11H,5-10H2,1-4H3,(H,16,18). The molecule has 0 spiro atoms. The molecule has 1 saturated heterocycles. The summed E-state index contributed by atoms with van der Waals surface area (Å²) in [6.45, 7) is 8.59. The Morgan fingerprint density at radius 2 is 1.74 bits per heavy atom. The molecular formula is C15H26N2O2. The Labute approximate surface area is 115 Å². The number of nitrogens with one attached hydrogen (secondary N) is 1. The summed E-state index contributed by atoms with van der Waals surface area (Å²) in [5.41, 5.74) is -1.35. The zero-order valence-electron chi connectivity index (χ0n) is 12.6. The molecule has 1 saturated carbocycles. The van der Waals surface area contributed by atoms with Gasteiger partial charge in [-0.25, -0.2) is 0 Å². The van der Waals surface area contributed by atoms with Gasteiger partial charge in [-0.15, -0.1) is 0 Å². The van der Waals surface area contributed by atoms with Crippen LogP contribution in [0.25, 0.3) is 0 Å². The lowest BCUT2D eigenvalue weighted by atomic mass is 9.81. The van der Waals surface area contributed by atoms with E-state index < -0.39 is 11.1 Å². The molecular weight excluding hydrogens is 240 g/mol. The van der Waals surface area contributed by atoms with Crippen molar-refractivity contribution in [1.82, 2.24) is 10.2 Å². The fourth-order valence-corrected chi connectivity index (χ4v) is 2.93. The van der Waals surface area contributed by atoms with Crippen molar-refractivity contribution < 1.29 is 9.59 Å². The number of piperazine rings is 1. The average Bonchev–Trinajstić information content (AvgIpc) is 3.23. The van der Waals surface area contributed by atoms with Crippen molar-refractivity contribution in [1.29, 1.82) is 0 Å². The van der Waals surface area contributed by atoms with E-state index in [0.717, 1.165) is 6.54 Å². The average molecular weight is 266 g/mol.